The van der Waals surface area contributed by atoms with Crippen molar-refractivity contribution in [2.45, 2.75) is 44.2 Å². The molecule has 2 fully saturated rings. The second-order valence-corrected chi connectivity index (χ2v) is 8.62. The van der Waals surface area contributed by atoms with E-state index in [0.29, 0.717) is 18.3 Å². The average molecular weight is 393 g/mol. The van der Waals surface area contributed by atoms with Crippen LogP contribution in [0.25, 0.3) is 10.9 Å². The summed E-state index contributed by atoms with van der Waals surface area (Å²) in [7, 11) is 0. The Bertz CT molecular complexity index is 980. The monoisotopic (exact) mass is 392 g/mol. The molecule has 1 aromatic carbocycles. The lowest BCUT2D eigenvalue weighted by Gasteiger charge is -2.35. The molecule has 0 bridgehead atoms. The summed E-state index contributed by atoms with van der Waals surface area (Å²) in [6.07, 6.45) is 9.39. The normalized spacial score (nSPS) is 26.7. The van der Waals surface area contributed by atoms with Crippen molar-refractivity contribution in [3.8, 4) is 0 Å². The van der Waals surface area contributed by atoms with Crippen LogP contribution in [0.5, 0.6) is 0 Å². The van der Waals surface area contributed by atoms with E-state index in [1.807, 2.05) is 27.9 Å². The Morgan fingerprint density at radius 2 is 2.00 bits per heavy atom. The number of fused-ring (bicyclic) bond motifs is 2. The van der Waals surface area contributed by atoms with Gasteiger partial charge >= 0.3 is 0 Å². The van der Waals surface area contributed by atoms with E-state index in [-0.39, 0.29) is 18.1 Å². The van der Waals surface area contributed by atoms with Crippen molar-refractivity contribution in [3.05, 3.63) is 54.5 Å². The highest BCUT2D eigenvalue weighted by molar-refractivity contribution is 5.83. The zero-order chi connectivity index (χ0) is 19.8. The molecule has 2 N–H and O–H groups in total. The van der Waals surface area contributed by atoms with Gasteiger partial charge in [-0.25, -0.2) is 0 Å². The molecule has 2 aromatic heterocycles. The molecule has 1 saturated carbocycles. The first kappa shape index (κ1) is 18.4. The quantitative estimate of drug-likeness (QED) is 0.700. The number of carbonyl (C=O) groups excluding carboxylic acids is 1. The molecule has 1 aliphatic heterocycles. The van der Waals surface area contributed by atoms with Gasteiger partial charge in [-0.05, 0) is 55.2 Å². The van der Waals surface area contributed by atoms with E-state index in [9.17, 15) is 9.90 Å². The lowest BCUT2D eigenvalue weighted by atomic mass is 9.77. The largest absolute Gasteiger partial charge is 0.391 e. The highest BCUT2D eigenvalue weighted by Crippen LogP contribution is 2.41. The van der Waals surface area contributed by atoms with Crippen molar-refractivity contribution in [1.29, 1.82) is 0 Å². The van der Waals surface area contributed by atoms with Crippen molar-refractivity contribution in [2.24, 2.45) is 11.8 Å². The zero-order valence-corrected chi connectivity index (χ0v) is 16.6. The van der Waals surface area contributed by atoms with E-state index in [1.165, 1.54) is 10.9 Å². The number of aromatic nitrogens is 3. The fourth-order valence-electron chi connectivity index (χ4n) is 5.30. The van der Waals surface area contributed by atoms with Gasteiger partial charge in [0.25, 0.3) is 0 Å². The molecule has 6 heteroatoms. The third kappa shape index (κ3) is 3.57. The molecule has 0 unspecified atom stereocenters. The van der Waals surface area contributed by atoms with Crippen molar-refractivity contribution >= 4 is 16.8 Å². The Labute approximate surface area is 170 Å². The number of rotatable bonds is 5. The molecule has 3 heterocycles. The second kappa shape index (κ2) is 7.67. The number of hydrogen-bond acceptors (Lipinski definition) is 3. The summed E-state index contributed by atoms with van der Waals surface area (Å²) in [6, 6.07) is 10.2. The molecule has 6 nitrogen and oxygen atoms in total. The van der Waals surface area contributed by atoms with Crippen LogP contribution in [0.1, 0.15) is 37.3 Å². The second-order valence-electron chi connectivity index (χ2n) is 8.62. The zero-order valence-electron chi connectivity index (χ0n) is 16.6. The predicted octanol–water partition coefficient (Wildman–Crippen LogP) is 3.16. The van der Waals surface area contributed by atoms with Crippen LogP contribution < -0.4 is 0 Å². The maximum Gasteiger partial charge on any atom is 0.222 e. The van der Waals surface area contributed by atoms with Crippen LogP contribution in [-0.2, 0) is 11.2 Å². The summed E-state index contributed by atoms with van der Waals surface area (Å²) < 4.78 is 1.88. The number of aliphatic hydroxyl groups is 1. The fourth-order valence-corrected chi connectivity index (χ4v) is 5.30. The maximum atomic E-state index is 12.8. The smallest absolute Gasteiger partial charge is 0.222 e. The van der Waals surface area contributed by atoms with Gasteiger partial charge in [0.1, 0.15) is 0 Å². The fraction of sp³-hybridized carbons (Fsp3) is 0.478. The molecular formula is C23H28N4O2. The minimum atomic E-state index is -0.381. The topological polar surface area (TPSA) is 74.2 Å². The first-order valence-electron chi connectivity index (χ1n) is 10.7. The lowest BCUT2D eigenvalue weighted by molar-refractivity contribution is -0.130. The Balaban J connectivity index is 1.16. The molecule has 0 radical (unpaired) electrons. The number of amides is 1. The molecule has 1 aliphatic carbocycles. The minimum absolute atomic E-state index is 0.0307. The van der Waals surface area contributed by atoms with Crippen LogP contribution in [0.2, 0.25) is 0 Å². The van der Waals surface area contributed by atoms with Crippen molar-refractivity contribution in [1.82, 2.24) is 19.7 Å². The van der Waals surface area contributed by atoms with Crippen LogP contribution in [0.3, 0.4) is 0 Å². The molecule has 4 atom stereocenters. The Morgan fingerprint density at radius 3 is 2.83 bits per heavy atom. The Kier molecular flexibility index (Phi) is 4.87. The standard InChI is InChI=1S/C23H28N4O2/c28-22-12-18-15-26(14-17(18)11-21(22)27-10-4-9-25-27)23(29)8-3-5-16-13-24-20-7-2-1-6-19(16)20/h1-2,4,6-7,9-10,13,17-18,21-22,24,28H,3,5,8,11-12,14-15H2/t17-,18+,21-,22-/m1/s1. The van der Waals surface area contributed by atoms with Gasteiger partial charge in [0.2, 0.25) is 5.91 Å². The number of nitrogens with zero attached hydrogens (tertiary/aromatic N) is 3. The van der Waals surface area contributed by atoms with Gasteiger partial charge in [-0.15, -0.1) is 0 Å². The van der Waals surface area contributed by atoms with Crippen LogP contribution in [0, 0.1) is 11.8 Å². The number of likely N-dealkylation sites (tertiary alicyclic amines) is 1. The van der Waals surface area contributed by atoms with E-state index < -0.39 is 0 Å². The van der Waals surface area contributed by atoms with Crippen LogP contribution >= 0.6 is 0 Å². The number of nitrogens with one attached hydrogen (secondary N) is 1. The van der Waals surface area contributed by atoms with E-state index in [2.05, 4.69) is 34.5 Å². The summed E-state index contributed by atoms with van der Waals surface area (Å²) >= 11 is 0. The minimum Gasteiger partial charge on any atom is -0.391 e. The van der Waals surface area contributed by atoms with E-state index in [4.69, 9.17) is 0 Å². The number of para-hydroxylation sites is 1. The molecule has 3 aromatic rings. The van der Waals surface area contributed by atoms with Crippen LogP contribution in [-0.4, -0.2) is 49.9 Å². The number of aryl methyl sites for hydroxylation is 1. The van der Waals surface area contributed by atoms with E-state index >= 15 is 0 Å². The molecular weight excluding hydrogens is 364 g/mol. The molecule has 1 amide bonds. The molecule has 1 saturated heterocycles. The molecule has 5 rings (SSSR count). The van der Waals surface area contributed by atoms with Gasteiger partial charge < -0.3 is 15.0 Å². The SMILES string of the molecule is O=C(CCCc1c[nH]c2ccccc12)N1C[C@H]2C[C@@H](n3cccn3)[C@H](O)C[C@H]2C1. The number of H-pyrrole nitrogens is 1. The number of benzene rings is 1. The third-order valence-corrected chi connectivity index (χ3v) is 6.84. The van der Waals surface area contributed by atoms with Gasteiger partial charge in [0, 0.05) is 49.0 Å². The Hall–Kier alpha value is -2.60. The first-order chi connectivity index (χ1) is 14.2. The van der Waals surface area contributed by atoms with Gasteiger partial charge in [0.05, 0.1) is 12.1 Å². The number of aliphatic hydroxyl groups excluding tert-OH is 1. The summed E-state index contributed by atoms with van der Waals surface area (Å²) in [6.45, 7) is 1.61. The first-order valence-corrected chi connectivity index (χ1v) is 10.7. The van der Waals surface area contributed by atoms with Gasteiger partial charge in [-0.1, -0.05) is 18.2 Å². The van der Waals surface area contributed by atoms with E-state index in [1.54, 1.807) is 6.20 Å². The highest BCUT2D eigenvalue weighted by atomic mass is 16.3. The van der Waals surface area contributed by atoms with Gasteiger partial charge in [-0.3, -0.25) is 9.48 Å². The number of carbonyl (C=O) groups is 1. The van der Waals surface area contributed by atoms with Gasteiger partial charge in [0.15, 0.2) is 0 Å². The Morgan fingerprint density at radius 1 is 1.17 bits per heavy atom. The van der Waals surface area contributed by atoms with Crippen molar-refractivity contribution in [3.63, 3.8) is 0 Å². The third-order valence-electron chi connectivity index (χ3n) is 6.84. The average Bonchev–Trinajstić information content (AvgIpc) is 3.47. The number of aromatic amines is 1. The summed E-state index contributed by atoms with van der Waals surface area (Å²) in [4.78, 5) is 18.1. The van der Waals surface area contributed by atoms with Gasteiger partial charge in [-0.2, -0.15) is 5.10 Å². The molecule has 0 spiro atoms. The van der Waals surface area contributed by atoms with Crippen molar-refractivity contribution < 1.29 is 9.90 Å². The molecule has 2 aliphatic rings. The lowest BCUT2D eigenvalue weighted by Crippen LogP contribution is -2.36. The number of hydrogen-bond donors (Lipinski definition) is 2. The maximum absolute atomic E-state index is 12.8. The van der Waals surface area contributed by atoms with Crippen LogP contribution in [0.4, 0.5) is 0 Å². The predicted molar refractivity (Wildman–Crippen MR) is 111 cm³/mol. The van der Waals surface area contributed by atoms with E-state index in [0.717, 1.165) is 44.3 Å². The molecule has 29 heavy (non-hydrogen) atoms. The van der Waals surface area contributed by atoms with Crippen molar-refractivity contribution in [2.75, 3.05) is 13.1 Å². The highest BCUT2D eigenvalue weighted by Gasteiger charge is 2.43. The van der Waals surface area contributed by atoms with Crippen LogP contribution in [0.15, 0.2) is 48.9 Å². The molecule has 152 valence electrons. The summed E-state index contributed by atoms with van der Waals surface area (Å²) in [5.41, 5.74) is 2.44. The summed E-state index contributed by atoms with van der Waals surface area (Å²) in [5, 5.41) is 16.2. The summed E-state index contributed by atoms with van der Waals surface area (Å²) in [5.74, 6) is 1.13.